The van der Waals surface area contributed by atoms with Gasteiger partial charge in [0.25, 0.3) is 0 Å². The van der Waals surface area contributed by atoms with E-state index < -0.39 is 0 Å². The van der Waals surface area contributed by atoms with Gasteiger partial charge in [-0.1, -0.05) is 54.1 Å². The highest BCUT2D eigenvalue weighted by Gasteiger charge is 2.33. The van der Waals surface area contributed by atoms with Gasteiger partial charge in [0, 0.05) is 17.3 Å². The van der Waals surface area contributed by atoms with Crippen LogP contribution >= 0.6 is 11.6 Å². The molecule has 5 rings (SSSR count). The Balaban J connectivity index is 1.40. The van der Waals surface area contributed by atoms with Gasteiger partial charge >= 0.3 is 6.03 Å². The van der Waals surface area contributed by atoms with Gasteiger partial charge in [0.2, 0.25) is 5.89 Å². The molecule has 30 heavy (non-hydrogen) atoms. The Morgan fingerprint density at radius 1 is 1.03 bits per heavy atom. The van der Waals surface area contributed by atoms with Crippen molar-refractivity contribution in [3.05, 3.63) is 83.7 Å². The number of carbonyl (C=O) groups is 1. The lowest BCUT2D eigenvalue weighted by Gasteiger charge is -2.22. The topological polar surface area (TPSA) is 58.4 Å². The number of oxazole rings is 1. The number of benzene rings is 3. The van der Waals surface area contributed by atoms with Crippen LogP contribution in [0.2, 0.25) is 5.02 Å². The summed E-state index contributed by atoms with van der Waals surface area (Å²) >= 11 is 6.02. The van der Waals surface area contributed by atoms with Crippen molar-refractivity contribution in [2.75, 3.05) is 11.9 Å². The highest BCUT2D eigenvalue weighted by Crippen LogP contribution is 2.34. The van der Waals surface area contributed by atoms with E-state index in [-0.39, 0.29) is 12.1 Å². The Labute approximate surface area is 179 Å². The predicted molar refractivity (Wildman–Crippen MR) is 119 cm³/mol. The van der Waals surface area contributed by atoms with Crippen LogP contribution in [0.3, 0.4) is 0 Å². The lowest BCUT2D eigenvalue weighted by molar-refractivity contribution is 0.199. The largest absolute Gasteiger partial charge is 0.438 e. The van der Waals surface area contributed by atoms with Crippen molar-refractivity contribution in [2.45, 2.75) is 18.9 Å². The molecule has 0 spiro atoms. The van der Waals surface area contributed by atoms with Gasteiger partial charge in [0.05, 0.1) is 0 Å². The van der Waals surface area contributed by atoms with Crippen molar-refractivity contribution in [1.82, 2.24) is 9.88 Å². The third-order valence-electron chi connectivity index (χ3n) is 5.39. The summed E-state index contributed by atoms with van der Waals surface area (Å²) in [5, 5.41) is 3.50. The number of rotatable bonds is 3. The summed E-state index contributed by atoms with van der Waals surface area (Å²) in [5.74, 6) is 0.578. The Bertz CT molecular complexity index is 1210. The van der Waals surface area contributed by atoms with E-state index in [1.807, 2.05) is 48.5 Å². The van der Waals surface area contributed by atoms with E-state index in [1.165, 1.54) is 0 Å². The van der Waals surface area contributed by atoms with E-state index in [4.69, 9.17) is 21.0 Å². The van der Waals surface area contributed by atoms with Crippen LogP contribution in [0.5, 0.6) is 0 Å². The molecule has 0 aliphatic carbocycles. The third-order valence-corrected chi connectivity index (χ3v) is 5.62. The number of likely N-dealkylation sites (tertiary alicyclic amines) is 1. The number of hydrogen-bond acceptors (Lipinski definition) is 3. The van der Waals surface area contributed by atoms with Gasteiger partial charge in [0.1, 0.15) is 11.6 Å². The molecule has 150 valence electrons. The van der Waals surface area contributed by atoms with Crippen LogP contribution in [-0.4, -0.2) is 22.5 Å². The summed E-state index contributed by atoms with van der Waals surface area (Å²) in [6.45, 7) is 0.658. The van der Waals surface area contributed by atoms with E-state index in [1.54, 1.807) is 17.0 Å². The number of amides is 2. The first-order valence-electron chi connectivity index (χ1n) is 9.96. The first-order valence-corrected chi connectivity index (χ1v) is 10.3. The number of fused-ring (bicyclic) bond motifs is 1. The fraction of sp³-hybridized carbons (Fsp3) is 0.167. The maximum Gasteiger partial charge on any atom is 0.322 e. The number of nitrogens with zero attached hydrogens (tertiary/aromatic N) is 2. The van der Waals surface area contributed by atoms with E-state index in [0.29, 0.717) is 23.1 Å². The normalized spacial score (nSPS) is 16.2. The molecule has 1 aliphatic rings. The van der Waals surface area contributed by atoms with Crippen molar-refractivity contribution < 1.29 is 9.21 Å². The molecular formula is C24H20ClN3O2. The summed E-state index contributed by atoms with van der Waals surface area (Å²) in [5.41, 5.74) is 4.42. The maximum absolute atomic E-state index is 12.9. The Morgan fingerprint density at radius 2 is 1.90 bits per heavy atom. The van der Waals surface area contributed by atoms with Gasteiger partial charge in [-0.15, -0.1) is 0 Å². The second-order valence-corrected chi connectivity index (χ2v) is 7.83. The van der Waals surface area contributed by atoms with Crippen molar-refractivity contribution in [2.24, 2.45) is 0 Å². The number of urea groups is 1. The predicted octanol–water partition coefficient (Wildman–Crippen LogP) is 6.52. The fourth-order valence-corrected chi connectivity index (χ4v) is 4.12. The summed E-state index contributed by atoms with van der Waals surface area (Å²) in [6.07, 6.45) is 1.73. The fourth-order valence-electron chi connectivity index (χ4n) is 3.93. The maximum atomic E-state index is 12.9. The quantitative estimate of drug-likeness (QED) is 0.413. The van der Waals surface area contributed by atoms with Crippen molar-refractivity contribution in [3.8, 4) is 11.1 Å². The van der Waals surface area contributed by atoms with Crippen molar-refractivity contribution in [1.29, 1.82) is 0 Å². The molecule has 1 saturated heterocycles. The lowest BCUT2D eigenvalue weighted by atomic mass is 10.1. The molecule has 0 radical (unpaired) electrons. The van der Waals surface area contributed by atoms with E-state index in [0.717, 1.165) is 35.1 Å². The van der Waals surface area contributed by atoms with Crippen LogP contribution in [0, 0.1) is 0 Å². The van der Waals surface area contributed by atoms with Crippen LogP contribution < -0.4 is 5.32 Å². The first kappa shape index (κ1) is 18.7. The average molecular weight is 418 g/mol. The zero-order valence-corrected chi connectivity index (χ0v) is 17.0. The molecule has 2 heterocycles. The Hall–Kier alpha value is -3.31. The van der Waals surface area contributed by atoms with E-state index in [2.05, 4.69) is 17.4 Å². The summed E-state index contributed by atoms with van der Waals surface area (Å²) < 4.78 is 6.04. The van der Waals surface area contributed by atoms with E-state index >= 15 is 0 Å². The molecule has 0 bridgehead atoms. The van der Waals surface area contributed by atoms with Gasteiger partial charge in [-0.3, -0.25) is 0 Å². The van der Waals surface area contributed by atoms with Crippen LogP contribution in [-0.2, 0) is 0 Å². The minimum absolute atomic E-state index is 0.174. The SMILES string of the molecule is O=C(Nc1cccc(Cl)c1)N1CCCC1c1nc2cc(-c3ccccc3)ccc2o1. The van der Waals surface area contributed by atoms with Gasteiger partial charge in [-0.2, -0.15) is 0 Å². The molecule has 2 amide bonds. The number of halogens is 1. The monoisotopic (exact) mass is 417 g/mol. The second-order valence-electron chi connectivity index (χ2n) is 7.39. The van der Waals surface area contributed by atoms with Gasteiger partial charge in [0.15, 0.2) is 5.58 Å². The third kappa shape index (κ3) is 3.64. The molecule has 1 atom stereocenters. The Kier molecular flexibility index (Phi) is 4.89. The zero-order valence-electron chi connectivity index (χ0n) is 16.2. The Morgan fingerprint density at radius 3 is 2.73 bits per heavy atom. The van der Waals surface area contributed by atoms with Crippen LogP contribution in [0.25, 0.3) is 22.2 Å². The van der Waals surface area contributed by atoms with Crippen LogP contribution in [0.1, 0.15) is 24.8 Å². The zero-order chi connectivity index (χ0) is 20.5. The molecule has 1 aromatic heterocycles. The molecule has 0 saturated carbocycles. The number of nitrogens with one attached hydrogen (secondary N) is 1. The number of anilines is 1. The van der Waals surface area contributed by atoms with Crippen LogP contribution in [0.4, 0.5) is 10.5 Å². The molecule has 1 fully saturated rings. The van der Waals surface area contributed by atoms with Crippen molar-refractivity contribution >= 4 is 34.4 Å². The smallest absolute Gasteiger partial charge is 0.322 e. The average Bonchev–Trinajstić information content (AvgIpc) is 3.41. The molecule has 1 unspecified atom stereocenters. The molecule has 3 aromatic carbocycles. The van der Waals surface area contributed by atoms with Gasteiger partial charge < -0.3 is 14.6 Å². The summed E-state index contributed by atoms with van der Waals surface area (Å²) in [6, 6.07) is 23.0. The minimum atomic E-state index is -0.184. The second kappa shape index (κ2) is 7.84. The molecule has 1 aliphatic heterocycles. The number of aromatic nitrogens is 1. The molecular weight excluding hydrogens is 398 g/mol. The molecule has 4 aromatic rings. The molecule has 1 N–H and O–H groups in total. The standard InChI is InChI=1S/C24H20ClN3O2/c25-18-8-4-9-19(15-18)26-24(29)28-13-5-10-21(28)23-27-20-14-17(11-12-22(20)30-23)16-6-2-1-3-7-16/h1-4,6-9,11-12,14-15,21H,5,10,13H2,(H,26,29). The summed E-state index contributed by atoms with van der Waals surface area (Å²) in [4.78, 5) is 19.4. The number of hydrogen-bond donors (Lipinski definition) is 1. The van der Waals surface area contributed by atoms with Crippen LogP contribution in [0.15, 0.2) is 77.2 Å². The highest BCUT2D eigenvalue weighted by atomic mass is 35.5. The molecule has 5 nitrogen and oxygen atoms in total. The minimum Gasteiger partial charge on any atom is -0.438 e. The van der Waals surface area contributed by atoms with Gasteiger partial charge in [-0.25, -0.2) is 9.78 Å². The number of carbonyl (C=O) groups excluding carboxylic acids is 1. The summed E-state index contributed by atoms with van der Waals surface area (Å²) in [7, 11) is 0. The lowest BCUT2D eigenvalue weighted by Crippen LogP contribution is -2.34. The highest BCUT2D eigenvalue weighted by molar-refractivity contribution is 6.30. The van der Waals surface area contributed by atoms with Crippen molar-refractivity contribution in [3.63, 3.8) is 0 Å². The van der Waals surface area contributed by atoms with E-state index in [9.17, 15) is 4.79 Å². The van der Waals surface area contributed by atoms with Gasteiger partial charge in [-0.05, 0) is 54.3 Å². The first-order chi connectivity index (χ1) is 14.7. The molecule has 6 heteroatoms.